The Labute approximate surface area is 71.4 Å². The second-order valence-corrected chi connectivity index (χ2v) is 2.52. The molecule has 0 bridgehead atoms. The minimum atomic E-state index is -0.275. The molecule has 1 aromatic heterocycles. The molecule has 0 N–H and O–H groups in total. The van der Waals surface area contributed by atoms with E-state index in [0.29, 0.717) is 0 Å². The molecule has 0 aliphatic heterocycles. The highest BCUT2D eigenvalue weighted by Gasteiger charge is 2.05. The molecule has 3 heteroatoms. The van der Waals surface area contributed by atoms with Crippen LogP contribution >= 0.6 is 0 Å². The monoisotopic (exact) mass is 162 g/mol. The Hall–Kier alpha value is -1.56. The molecule has 0 radical (unpaired) electrons. The van der Waals surface area contributed by atoms with Gasteiger partial charge in [0.15, 0.2) is 0 Å². The zero-order valence-corrected chi connectivity index (χ0v) is 7.38. The van der Waals surface area contributed by atoms with Gasteiger partial charge in [0, 0.05) is 5.69 Å². The van der Waals surface area contributed by atoms with Crippen LogP contribution in [0.1, 0.15) is 23.1 Å². The van der Waals surface area contributed by atoms with Crippen molar-refractivity contribution in [3.05, 3.63) is 17.5 Å². The number of aryl methyl sites for hydroxylation is 2. The lowest BCUT2D eigenvalue weighted by atomic mass is 10.4. The number of hydrogen-bond donors (Lipinski definition) is 0. The highest BCUT2D eigenvalue weighted by Crippen LogP contribution is 2.00. The summed E-state index contributed by atoms with van der Waals surface area (Å²) < 4.78 is 1.31. The molecular weight excluding hydrogens is 152 g/mol. The van der Waals surface area contributed by atoms with Crippen LogP contribution in [0, 0.1) is 25.7 Å². The Kier molecular flexibility index (Phi) is 2.29. The summed E-state index contributed by atoms with van der Waals surface area (Å²) in [6.07, 6.45) is 0. The Bertz CT molecular complexity index is 366. The lowest BCUT2D eigenvalue weighted by molar-refractivity contribution is 0.0962. The lowest BCUT2D eigenvalue weighted by Gasteiger charge is -1.93. The van der Waals surface area contributed by atoms with E-state index < -0.39 is 0 Å². The van der Waals surface area contributed by atoms with Gasteiger partial charge in [0.25, 0.3) is 0 Å². The number of nitrogens with zero attached hydrogens (tertiary/aromatic N) is 2. The molecule has 0 spiro atoms. The highest BCUT2D eigenvalue weighted by molar-refractivity contribution is 5.95. The predicted molar refractivity (Wildman–Crippen MR) is 45.8 cm³/mol. The van der Waals surface area contributed by atoms with Gasteiger partial charge >= 0.3 is 5.91 Å². The average molecular weight is 162 g/mol. The Morgan fingerprint density at radius 1 is 1.58 bits per heavy atom. The first-order valence-electron chi connectivity index (χ1n) is 3.65. The zero-order valence-electron chi connectivity index (χ0n) is 7.38. The third-order valence-corrected chi connectivity index (χ3v) is 1.43. The third-order valence-electron chi connectivity index (χ3n) is 1.43. The molecule has 0 aliphatic carbocycles. The summed E-state index contributed by atoms with van der Waals surface area (Å²) in [6.45, 7) is 5.30. The largest absolute Gasteiger partial charge is 0.323 e. The van der Waals surface area contributed by atoms with E-state index in [1.165, 1.54) is 4.68 Å². The fraction of sp³-hybridized carbons (Fsp3) is 0.333. The van der Waals surface area contributed by atoms with Crippen LogP contribution in [0.3, 0.4) is 0 Å². The van der Waals surface area contributed by atoms with Crippen molar-refractivity contribution in [1.82, 2.24) is 9.78 Å². The summed E-state index contributed by atoms with van der Waals surface area (Å²) in [6, 6.07) is 1.84. The molecule has 0 amide bonds. The van der Waals surface area contributed by atoms with Crippen LogP contribution in [0.15, 0.2) is 6.07 Å². The maximum atomic E-state index is 11.2. The summed E-state index contributed by atoms with van der Waals surface area (Å²) in [5, 5.41) is 3.99. The first kappa shape index (κ1) is 8.54. The van der Waals surface area contributed by atoms with Gasteiger partial charge in [-0.3, -0.25) is 4.79 Å². The number of hydrogen-bond acceptors (Lipinski definition) is 2. The summed E-state index contributed by atoms with van der Waals surface area (Å²) in [5.74, 6) is 4.69. The zero-order chi connectivity index (χ0) is 9.14. The maximum absolute atomic E-state index is 11.2. The van der Waals surface area contributed by atoms with E-state index in [1.54, 1.807) is 6.92 Å². The van der Waals surface area contributed by atoms with Crippen molar-refractivity contribution in [1.29, 1.82) is 0 Å². The molecule has 0 atom stereocenters. The molecule has 0 saturated heterocycles. The van der Waals surface area contributed by atoms with E-state index in [0.717, 1.165) is 11.4 Å². The van der Waals surface area contributed by atoms with Crippen molar-refractivity contribution in [3.63, 3.8) is 0 Å². The first-order chi connectivity index (χ1) is 5.65. The van der Waals surface area contributed by atoms with Crippen LogP contribution in [-0.4, -0.2) is 15.7 Å². The van der Waals surface area contributed by atoms with Gasteiger partial charge in [0.05, 0.1) is 5.69 Å². The van der Waals surface area contributed by atoms with Gasteiger partial charge in [0.1, 0.15) is 0 Å². The standard InChI is InChI=1S/C9H10N2O/c1-4-5-9(12)11-8(3)6-7(2)10-11/h6H,1-3H3. The highest BCUT2D eigenvalue weighted by atomic mass is 16.2. The van der Waals surface area contributed by atoms with Crippen molar-refractivity contribution < 1.29 is 4.79 Å². The van der Waals surface area contributed by atoms with Crippen LogP contribution in [0.5, 0.6) is 0 Å². The molecule has 1 rings (SSSR count). The van der Waals surface area contributed by atoms with Gasteiger partial charge < -0.3 is 0 Å². The van der Waals surface area contributed by atoms with Crippen molar-refractivity contribution in [2.24, 2.45) is 0 Å². The Morgan fingerprint density at radius 3 is 2.67 bits per heavy atom. The van der Waals surface area contributed by atoms with Crippen molar-refractivity contribution in [2.75, 3.05) is 0 Å². The van der Waals surface area contributed by atoms with Crippen LogP contribution in [-0.2, 0) is 0 Å². The minimum Gasteiger partial charge on any atom is -0.257 e. The van der Waals surface area contributed by atoms with Gasteiger partial charge in [-0.2, -0.15) is 9.78 Å². The van der Waals surface area contributed by atoms with E-state index >= 15 is 0 Å². The van der Waals surface area contributed by atoms with Crippen molar-refractivity contribution in [2.45, 2.75) is 20.8 Å². The van der Waals surface area contributed by atoms with Gasteiger partial charge in [-0.25, -0.2) is 0 Å². The number of carbonyl (C=O) groups excluding carboxylic acids is 1. The van der Waals surface area contributed by atoms with Crippen molar-refractivity contribution in [3.8, 4) is 11.8 Å². The Balaban J connectivity index is 3.08. The van der Waals surface area contributed by atoms with E-state index in [1.807, 2.05) is 19.9 Å². The first-order valence-corrected chi connectivity index (χ1v) is 3.65. The predicted octanol–water partition coefficient (Wildman–Crippen LogP) is 1.16. The maximum Gasteiger partial charge on any atom is 0.323 e. The molecule has 0 aliphatic rings. The van der Waals surface area contributed by atoms with Crippen LogP contribution in [0.2, 0.25) is 0 Å². The summed E-state index contributed by atoms with van der Waals surface area (Å²) >= 11 is 0. The van der Waals surface area contributed by atoms with Gasteiger partial charge in [-0.05, 0) is 32.8 Å². The summed E-state index contributed by atoms with van der Waals surface area (Å²) in [4.78, 5) is 11.2. The average Bonchev–Trinajstić information content (AvgIpc) is 2.30. The lowest BCUT2D eigenvalue weighted by Crippen LogP contribution is -2.11. The Morgan fingerprint density at radius 2 is 2.25 bits per heavy atom. The smallest absolute Gasteiger partial charge is 0.257 e. The number of aromatic nitrogens is 2. The van der Waals surface area contributed by atoms with E-state index in [2.05, 4.69) is 16.9 Å². The fourth-order valence-electron chi connectivity index (χ4n) is 0.994. The van der Waals surface area contributed by atoms with Gasteiger partial charge in [-0.15, -0.1) is 0 Å². The van der Waals surface area contributed by atoms with Crippen LogP contribution in [0.25, 0.3) is 0 Å². The van der Waals surface area contributed by atoms with Crippen LogP contribution in [0.4, 0.5) is 0 Å². The SMILES string of the molecule is CC#CC(=O)n1nc(C)cc1C. The van der Waals surface area contributed by atoms with E-state index in [9.17, 15) is 4.79 Å². The molecule has 0 saturated carbocycles. The molecular formula is C9H10N2O. The molecule has 1 heterocycles. The van der Waals surface area contributed by atoms with Gasteiger partial charge in [0.2, 0.25) is 0 Å². The molecule has 0 fully saturated rings. The second kappa shape index (κ2) is 3.22. The van der Waals surface area contributed by atoms with E-state index in [4.69, 9.17) is 0 Å². The molecule has 1 aromatic rings. The molecule has 12 heavy (non-hydrogen) atoms. The summed E-state index contributed by atoms with van der Waals surface area (Å²) in [7, 11) is 0. The quantitative estimate of drug-likeness (QED) is 0.536. The minimum absolute atomic E-state index is 0.275. The molecule has 3 nitrogen and oxygen atoms in total. The van der Waals surface area contributed by atoms with Crippen LogP contribution < -0.4 is 0 Å². The van der Waals surface area contributed by atoms with E-state index in [-0.39, 0.29) is 5.91 Å². The van der Waals surface area contributed by atoms with Gasteiger partial charge in [-0.1, -0.05) is 5.92 Å². The topological polar surface area (TPSA) is 34.9 Å². The van der Waals surface area contributed by atoms with Crippen molar-refractivity contribution >= 4 is 5.91 Å². The third kappa shape index (κ3) is 1.54. The molecule has 0 aromatic carbocycles. The number of carbonyl (C=O) groups is 1. The fourth-order valence-corrected chi connectivity index (χ4v) is 0.994. The molecule has 62 valence electrons. The second-order valence-electron chi connectivity index (χ2n) is 2.52. The molecule has 0 unspecified atom stereocenters. The normalized spacial score (nSPS) is 8.92. The number of rotatable bonds is 0. The summed E-state index contributed by atoms with van der Waals surface area (Å²) in [5.41, 5.74) is 1.65.